The van der Waals surface area contributed by atoms with Gasteiger partial charge in [-0.15, -0.1) is 0 Å². The third-order valence-electron chi connectivity index (χ3n) is 5.92. The maximum atomic E-state index is 12.7. The molecule has 5 rings (SSSR count). The number of carbonyl (C=O) groups excluding carboxylic acids is 1. The summed E-state index contributed by atoms with van der Waals surface area (Å²) < 4.78 is 2.19. The molecule has 2 aromatic carbocycles. The molecule has 0 aliphatic carbocycles. The standard InChI is InChI=1S/C24H23ClN4O/c25-19-7-2-1-6-18(19)16-26-24(30)17-11-14-28(15-12-17)23-22-10-5-13-29(22)21-9-4-3-8-20(21)27-23/h1-10,13,17H,11-12,14-16H2,(H,26,30). The molecule has 1 amide bonds. The van der Waals surface area contributed by atoms with Gasteiger partial charge in [0, 0.05) is 36.8 Å². The first kappa shape index (κ1) is 18.9. The average Bonchev–Trinajstić information content (AvgIpc) is 3.28. The first-order chi connectivity index (χ1) is 14.7. The van der Waals surface area contributed by atoms with E-state index < -0.39 is 0 Å². The van der Waals surface area contributed by atoms with Crippen molar-refractivity contribution in [2.45, 2.75) is 19.4 Å². The number of amides is 1. The van der Waals surface area contributed by atoms with E-state index in [0.29, 0.717) is 11.6 Å². The lowest BCUT2D eigenvalue weighted by atomic mass is 9.95. The monoisotopic (exact) mass is 418 g/mol. The number of hydrogen-bond acceptors (Lipinski definition) is 3. The van der Waals surface area contributed by atoms with Crippen LogP contribution in [-0.4, -0.2) is 28.4 Å². The molecule has 0 atom stereocenters. The number of hydrogen-bond donors (Lipinski definition) is 1. The van der Waals surface area contributed by atoms with Gasteiger partial charge in [0.2, 0.25) is 5.91 Å². The molecule has 1 N–H and O–H groups in total. The van der Waals surface area contributed by atoms with Crippen molar-refractivity contribution in [1.29, 1.82) is 0 Å². The summed E-state index contributed by atoms with van der Waals surface area (Å²) in [5, 5.41) is 3.74. The van der Waals surface area contributed by atoms with Crippen LogP contribution in [0.3, 0.4) is 0 Å². The lowest BCUT2D eigenvalue weighted by molar-refractivity contribution is -0.125. The van der Waals surface area contributed by atoms with Crippen LogP contribution < -0.4 is 10.2 Å². The number of benzene rings is 2. The molecule has 152 valence electrons. The Bertz CT molecular complexity index is 1210. The number of para-hydroxylation sites is 2. The molecule has 5 nitrogen and oxygen atoms in total. The van der Waals surface area contributed by atoms with Gasteiger partial charge < -0.3 is 14.6 Å². The number of piperidine rings is 1. The molecule has 0 unspecified atom stereocenters. The number of halogens is 1. The Morgan fingerprint density at radius 1 is 1.00 bits per heavy atom. The molecule has 2 aromatic heterocycles. The van der Waals surface area contributed by atoms with Crippen molar-refractivity contribution >= 4 is 39.9 Å². The highest BCUT2D eigenvalue weighted by Gasteiger charge is 2.26. The van der Waals surface area contributed by atoms with Crippen molar-refractivity contribution in [2.24, 2.45) is 5.92 Å². The summed E-state index contributed by atoms with van der Waals surface area (Å²) in [4.78, 5) is 19.9. The van der Waals surface area contributed by atoms with Crippen LogP contribution in [0.15, 0.2) is 66.9 Å². The fourth-order valence-electron chi connectivity index (χ4n) is 4.26. The largest absolute Gasteiger partial charge is 0.355 e. The minimum atomic E-state index is 0.0204. The first-order valence-corrected chi connectivity index (χ1v) is 10.7. The summed E-state index contributed by atoms with van der Waals surface area (Å²) in [6.45, 7) is 2.10. The Morgan fingerprint density at radius 3 is 2.57 bits per heavy atom. The SMILES string of the molecule is O=C(NCc1ccccc1Cl)C1CCN(c2nc3ccccc3n3cccc23)CC1. The van der Waals surface area contributed by atoms with Gasteiger partial charge in [0.05, 0.1) is 16.6 Å². The molecular formula is C24H23ClN4O. The number of rotatable bonds is 4. The van der Waals surface area contributed by atoms with Gasteiger partial charge >= 0.3 is 0 Å². The maximum absolute atomic E-state index is 12.7. The second-order valence-electron chi connectivity index (χ2n) is 7.76. The topological polar surface area (TPSA) is 49.6 Å². The molecule has 3 heterocycles. The number of aromatic nitrogens is 2. The molecular weight excluding hydrogens is 396 g/mol. The molecule has 0 spiro atoms. The minimum Gasteiger partial charge on any atom is -0.355 e. The van der Waals surface area contributed by atoms with Crippen molar-refractivity contribution in [3.05, 3.63) is 77.4 Å². The molecule has 0 saturated carbocycles. The van der Waals surface area contributed by atoms with Gasteiger partial charge in [0.1, 0.15) is 0 Å². The van der Waals surface area contributed by atoms with Gasteiger partial charge in [-0.3, -0.25) is 4.79 Å². The van der Waals surface area contributed by atoms with E-state index >= 15 is 0 Å². The summed E-state index contributed by atoms with van der Waals surface area (Å²) in [6, 6.07) is 20.0. The summed E-state index contributed by atoms with van der Waals surface area (Å²) >= 11 is 6.19. The smallest absolute Gasteiger partial charge is 0.223 e. The fraction of sp³-hybridized carbons (Fsp3) is 0.250. The third-order valence-corrected chi connectivity index (χ3v) is 6.29. The van der Waals surface area contributed by atoms with Crippen molar-refractivity contribution in [3.63, 3.8) is 0 Å². The van der Waals surface area contributed by atoms with E-state index in [2.05, 4.69) is 39.0 Å². The molecule has 1 saturated heterocycles. The zero-order valence-corrected chi connectivity index (χ0v) is 17.3. The highest BCUT2D eigenvalue weighted by molar-refractivity contribution is 6.31. The quantitative estimate of drug-likeness (QED) is 0.523. The average molecular weight is 419 g/mol. The number of fused-ring (bicyclic) bond motifs is 3. The Morgan fingerprint density at radius 2 is 1.73 bits per heavy atom. The molecule has 0 bridgehead atoms. The van der Waals surface area contributed by atoms with Gasteiger partial charge in [-0.25, -0.2) is 4.98 Å². The lowest BCUT2D eigenvalue weighted by Crippen LogP contribution is -2.40. The minimum absolute atomic E-state index is 0.0204. The van der Waals surface area contributed by atoms with Crippen LogP contribution in [0.25, 0.3) is 16.6 Å². The number of carbonyl (C=O) groups is 1. The maximum Gasteiger partial charge on any atom is 0.223 e. The Hall–Kier alpha value is -3.05. The summed E-state index contributed by atoms with van der Waals surface area (Å²) in [5.74, 6) is 1.12. The van der Waals surface area contributed by atoms with Gasteiger partial charge in [-0.1, -0.05) is 41.9 Å². The highest BCUT2D eigenvalue weighted by Crippen LogP contribution is 2.29. The van der Waals surface area contributed by atoms with Crippen molar-refractivity contribution in [1.82, 2.24) is 14.7 Å². The van der Waals surface area contributed by atoms with Crippen molar-refractivity contribution < 1.29 is 4.79 Å². The molecule has 6 heteroatoms. The van der Waals surface area contributed by atoms with Gasteiger partial charge in [-0.2, -0.15) is 0 Å². The second kappa shape index (κ2) is 8.00. The third kappa shape index (κ3) is 3.50. The molecule has 1 aliphatic rings. The molecule has 4 aromatic rings. The van der Waals surface area contributed by atoms with Crippen LogP contribution in [0.1, 0.15) is 18.4 Å². The number of nitrogens with one attached hydrogen (secondary N) is 1. The summed E-state index contributed by atoms with van der Waals surface area (Å²) in [7, 11) is 0. The predicted molar refractivity (Wildman–Crippen MR) is 121 cm³/mol. The Labute approximate surface area is 180 Å². The van der Waals surface area contributed by atoms with Crippen LogP contribution in [0.2, 0.25) is 5.02 Å². The molecule has 30 heavy (non-hydrogen) atoms. The summed E-state index contributed by atoms with van der Waals surface area (Å²) in [5.41, 5.74) is 4.14. The second-order valence-corrected chi connectivity index (χ2v) is 8.17. The normalized spacial score (nSPS) is 15.0. The van der Waals surface area contributed by atoms with Crippen LogP contribution in [-0.2, 0) is 11.3 Å². The molecule has 0 radical (unpaired) electrons. The molecule has 1 aliphatic heterocycles. The number of anilines is 1. The van der Waals surface area contributed by atoms with Gasteiger partial charge in [0.15, 0.2) is 5.82 Å². The lowest BCUT2D eigenvalue weighted by Gasteiger charge is -2.32. The van der Waals surface area contributed by atoms with E-state index in [1.807, 2.05) is 42.5 Å². The van der Waals surface area contributed by atoms with Crippen LogP contribution in [0.4, 0.5) is 5.82 Å². The van der Waals surface area contributed by atoms with E-state index in [-0.39, 0.29) is 11.8 Å². The highest BCUT2D eigenvalue weighted by atomic mass is 35.5. The van der Waals surface area contributed by atoms with Crippen molar-refractivity contribution in [3.8, 4) is 0 Å². The first-order valence-electron chi connectivity index (χ1n) is 10.3. The van der Waals surface area contributed by atoms with E-state index in [4.69, 9.17) is 16.6 Å². The number of nitrogens with zero attached hydrogens (tertiary/aromatic N) is 3. The van der Waals surface area contributed by atoms with E-state index in [1.165, 1.54) is 0 Å². The van der Waals surface area contributed by atoms with Crippen molar-refractivity contribution in [2.75, 3.05) is 18.0 Å². The van der Waals surface area contributed by atoms with E-state index in [9.17, 15) is 4.79 Å². The summed E-state index contributed by atoms with van der Waals surface area (Å²) in [6.07, 6.45) is 3.71. The predicted octanol–water partition coefficient (Wildman–Crippen LogP) is 4.67. The zero-order valence-electron chi connectivity index (χ0n) is 16.6. The van der Waals surface area contributed by atoms with Gasteiger partial charge in [-0.05, 0) is 48.7 Å². The van der Waals surface area contributed by atoms with E-state index in [1.54, 1.807) is 0 Å². The Kier molecular flexibility index (Phi) is 5.05. The van der Waals surface area contributed by atoms with Crippen LogP contribution >= 0.6 is 11.6 Å². The fourth-order valence-corrected chi connectivity index (χ4v) is 4.46. The van der Waals surface area contributed by atoms with Gasteiger partial charge in [0.25, 0.3) is 0 Å². The zero-order chi connectivity index (χ0) is 20.5. The Balaban J connectivity index is 1.28. The molecule has 1 fully saturated rings. The van der Waals surface area contributed by atoms with E-state index in [0.717, 1.165) is 53.9 Å². The van der Waals surface area contributed by atoms with Crippen LogP contribution in [0.5, 0.6) is 0 Å². The van der Waals surface area contributed by atoms with Crippen LogP contribution in [0, 0.1) is 5.92 Å².